The molecule has 1 amide bonds. The molecule has 0 heterocycles. The van der Waals surface area contributed by atoms with E-state index in [-0.39, 0.29) is 22.0 Å². The standard InChI is InChI=1S/C11H9ClN2O5/c1-6(15)13-9(11(16)17)4-7-2-3-8(12)10(5-7)14(18)19/h2-5H,1H3,(H,13,15)(H,16,17). The second-order valence-electron chi connectivity index (χ2n) is 3.51. The van der Waals surface area contributed by atoms with Gasteiger partial charge in [0.2, 0.25) is 5.91 Å². The smallest absolute Gasteiger partial charge is 0.352 e. The number of nitro groups is 1. The van der Waals surface area contributed by atoms with Crippen molar-refractivity contribution in [1.82, 2.24) is 5.32 Å². The second kappa shape index (κ2) is 5.96. The van der Waals surface area contributed by atoms with Gasteiger partial charge < -0.3 is 10.4 Å². The molecule has 1 aromatic rings. The monoisotopic (exact) mass is 284 g/mol. The molecule has 0 bridgehead atoms. The van der Waals surface area contributed by atoms with Crippen LogP contribution >= 0.6 is 11.6 Å². The van der Waals surface area contributed by atoms with E-state index in [9.17, 15) is 19.7 Å². The van der Waals surface area contributed by atoms with Gasteiger partial charge in [0.25, 0.3) is 5.69 Å². The normalized spacial score (nSPS) is 10.9. The van der Waals surface area contributed by atoms with Gasteiger partial charge in [0.1, 0.15) is 10.7 Å². The number of hydrogen-bond acceptors (Lipinski definition) is 4. The molecule has 0 aliphatic rings. The zero-order chi connectivity index (χ0) is 14.6. The molecule has 0 spiro atoms. The third-order valence-corrected chi connectivity index (χ3v) is 2.34. The Morgan fingerprint density at radius 3 is 2.58 bits per heavy atom. The Morgan fingerprint density at radius 2 is 2.11 bits per heavy atom. The van der Waals surface area contributed by atoms with Gasteiger partial charge in [0.15, 0.2) is 0 Å². The number of amides is 1. The highest BCUT2D eigenvalue weighted by Gasteiger charge is 2.14. The minimum Gasteiger partial charge on any atom is -0.477 e. The quantitative estimate of drug-likeness (QED) is 0.498. The lowest BCUT2D eigenvalue weighted by atomic mass is 10.1. The van der Waals surface area contributed by atoms with Gasteiger partial charge >= 0.3 is 5.97 Å². The summed E-state index contributed by atoms with van der Waals surface area (Å²) in [7, 11) is 0. The van der Waals surface area contributed by atoms with Crippen molar-refractivity contribution in [3.8, 4) is 0 Å². The van der Waals surface area contributed by atoms with Gasteiger partial charge in [-0.1, -0.05) is 17.7 Å². The Morgan fingerprint density at radius 1 is 1.47 bits per heavy atom. The molecule has 0 aromatic heterocycles. The molecule has 1 rings (SSSR count). The Kier molecular flexibility index (Phi) is 4.60. The predicted molar refractivity (Wildman–Crippen MR) is 67.5 cm³/mol. The van der Waals surface area contributed by atoms with Crippen molar-refractivity contribution in [3.05, 3.63) is 44.6 Å². The predicted octanol–water partition coefficient (Wildman–Crippen LogP) is 1.81. The van der Waals surface area contributed by atoms with Gasteiger partial charge in [0.05, 0.1) is 4.92 Å². The van der Waals surface area contributed by atoms with Gasteiger partial charge in [-0.05, 0) is 17.7 Å². The fourth-order valence-corrected chi connectivity index (χ4v) is 1.45. The van der Waals surface area contributed by atoms with Crippen LogP contribution < -0.4 is 5.32 Å². The molecule has 0 saturated heterocycles. The maximum atomic E-state index is 10.9. The number of carbonyl (C=O) groups is 2. The summed E-state index contributed by atoms with van der Waals surface area (Å²) in [5.74, 6) is -1.91. The van der Waals surface area contributed by atoms with Gasteiger partial charge in [-0.3, -0.25) is 14.9 Å². The highest BCUT2D eigenvalue weighted by Crippen LogP contribution is 2.25. The number of nitro benzene ring substituents is 1. The van der Waals surface area contributed by atoms with E-state index in [2.05, 4.69) is 5.32 Å². The molecule has 0 aliphatic carbocycles. The maximum Gasteiger partial charge on any atom is 0.352 e. The van der Waals surface area contributed by atoms with Gasteiger partial charge in [0, 0.05) is 13.0 Å². The molecule has 0 atom stereocenters. The first-order valence-corrected chi connectivity index (χ1v) is 5.35. The maximum absolute atomic E-state index is 10.9. The third-order valence-electron chi connectivity index (χ3n) is 2.02. The van der Waals surface area contributed by atoms with Crippen molar-refractivity contribution in [2.24, 2.45) is 0 Å². The molecule has 0 unspecified atom stereocenters. The van der Waals surface area contributed by atoms with E-state index < -0.39 is 16.8 Å². The summed E-state index contributed by atoms with van der Waals surface area (Å²) in [5.41, 5.74) is -0.491. The third kappa shape index (κ3) is 4.07. The van der Waals surface area contributed by atoms with Crippen LogP contribution in [-0.2, 0) is 9.59 Å². The number of carbonyl (C=O) groups excluding carboxylic acids is 1. The SMILES string of the molecule is CC(=O)NC(=Cc1ccc(Cl)c([N+](=O)[O-])c1)C(=O)O. The van der Waals surface area contributed by atoms with E-state index in [1.54, 1.807) is 0 Å². The first-order chi connectivity index (χ1) is 8.81. The zero-order valence-corrected chi connectivity index (χ0v) is 10.5. The lowest BCUT2D eigenvalue weighted by Crippen LogP contribution is -2.24. The van der Waals surface area contributed by atoms with Crippen LogP contribution in [0.1, 0.15) is 12.5 Å². The molecule has 0 radical (unpaired) electrons. The molecule has 2 N–H and O–H groups in total. The summed E-state index contributed by atoms with van der Waals surface area (Å²) >= 11 is 5.63. The molecule has 0 saturated carbocycles. The Hall–Kier alpha value is -2.41. The van der Waals surface area contributed by atoms with Crippen LogP contribution in [0.3, 0.4) is 0 Å². The minimum atomic E-state index is -1.35. The van der Waals surface area contributed by atoms with Crippen molar-refractivity contribution in [2.45, 2.75) is 6.92 Å². The van der Waals surface area contributed by atoms with Crippen LogP contribution in [0.5, 0.6) is 0 Å². The zero-order valence-electron chi connectivity index (χ0n) is 9.71. The van der Waals surface area contributed by atoms with Gasteiger partial charge in [-0.15, -0.1) is 0 Å². The number of carboxylic acids is 1. The summed E-state index contributed by atoms with van der Waals surface area (Å²) in [5, 5.41) is 21.6. The summed E-state index contributed by atoms with van der Waals surface area (Å²) < 4.78 is 0. The summed E-state index contributed by atoms with van der Waals surface area (Å²) in [6.45, 7) is 1.15. The van der Waals surface area contributed by atoms with Gasteiger partial charge in [-0.25, -0.2) is 4.79 Å². The average molecular weight is 285 g/mol. The number of nitrogens with zero attached hydrogens (tertiary/aromatic N) is 1. The second-order valence-corrected chi connectivity index (χ2v) is 3.92. The molecule has 1 aromatic carbocycles. The topological polar surface area (TPSA) is 110 Å². The van der Waals surface area contributed by atoms with E-state index in [0.717, 1.165) is 19.1 Å². The van der Waals surface area contributed by atoms with E-state index in [1.165, 1.54) is 12.1 Å². The number of benzene rings is 1. The molecule has 8 heteroatoms. The number of rotatable bonds is 4. The largest absolute Gasteiger partial charge is 0.477 e. The summed E-state index contributed by atoms with van der Waals surface area (Å²) in [6, 6.07) is 3.80. The highest BCUT2D eigenvalue weighted by atomic mass is 35.5. The molecule has 0 fully saturated rings. The van der Waals surface area contributed by atoms with Crippen LogP contribution in [0.25, 0.3) is 6.08 Å². The molecule has 7 nitrogen and oxygen atoms in total. The lowest BCUT2D eigenvalue weighted by Gasteiger charge is -2.03. The van der Waals surface area contributed by atoms with E-state index in [0.29, 0.717) is 0 Å². The molecule has 100 valence electrons. The van der Waals surface area contributed by atoms with Crippen molar-refractivity contribution < 1.29 is 19.6 Å². The highest BCUT2D eigenvalue weighted by molar-refractivity contribution is 6.32. The van der Waals surface area contributed by atoms with Crippen LogP contribution in [0.4, 0.5) is 5.69 Å². The number of nitrogens with one attached hydrogen (secondary N) is 1. The number of halogens is 1. The Balaban J connectivity index is 3.21. The molecular formula is C11H9ClN2O5. The van der Waals surface area contributed by atoms with E-state index in [1.807, 2.05) is 0 Å². The van der Waals surface area contributed by atoms with Gasteiger partial charge in [-0.2, -0.15) is 0 Å². The van der Waals surface area contributed by atoms with Crippen LogP contribution in [0, 0.1) is 10.1 Å². The number of carboxylic acid groups (broad SMARTS) is 1. The fraction of sp³-hybridized carbons (Fsp3) is 0.0909. The molecular weight excluding hydrogens is 276 g/mol. The van der Waals surface area contributed by atoms with E-state index >= 15 is 0 Å². The molecule has 19 heavy (non-hydrogen) atoms. The van der Waals surface area contributed by atoms with Crippen molar-refractivity contribution >= 4 is 35.2 Å². The van der Waals surface area contributed by atoms with Crippen LogP contribution in [0.15, 0.2) is 23.9 Å². The van der Waals surface area contributed by atoms with Crippen molar-refractivity contribution in [1.29, 1.82) is 0 Å². The average Bonchev–Trinajstić information content (AvgIpc) is 2.29. The first kappa shape index (κ1) is 14.7. The summed E-state index contributed by atoms with van der Waals surface area (Å²) in [4.78, 5) is 31.7. The lowest BCUT2D eigenvalue weighted by molar-refractivity contribution is -0.384. The number of hydrogen-bond donors (Lipinski definition) is 2. The van der Waals surface area contributed by atoms with Crippen molar-refractivity contribution in [2.75, 3.05) is 0 Å². The fourth-order valence-electron chi connectivity index (χ4n) is 1.27. The van der Waals surface area contributed by atoms with Crippen LogP contribution in [0.2, 0.25) is 5.02 Å². The Labute approximate surface area is 112 Å². The Bertz CT molecular complexity index is 582. The number of aliphatic carboxylic acids is 1. The molecule has 0 aliphatic heterocycles. The van der Waals surface area contributed by atoms with Crippen LogP contribution in [-0.4, -0.2) is 21.9 Å². The first-order valence-electron chi connectivity index (χ1n) is 4.97. The van der Waals surface area contributed by atoms with E-state index in [4.69, 9.17) is 16.7 Å². The minimum absolute atomic E-state index is 0.0569. The van der Waals surface area contributed by atoms with Crippen molar-refractivity contribution in [3.63, 3.8) is 0 Å². The summed E-state index contributed by atoms with van der Waals surface area (Å²) in [6.07, 6.45) is 1.10.